The fourth-order valence-corrected chi connectivity index (χ4v) is 2.68. The zero-order valence-corrected chi connectivity index (χ0v) is 10.2. The van der Waals surface area contributed by atoms with Gasteiger partial charge in [-0.15, -0.1) is 0 Å². The van der Waals surface area contributed by atoms with Gasteiger partial charge in [-0.2, -0.15) is 11.8 Å². The average molecular weight is 212 g/mol. The quantitative estimate of drug-likeness (QED) is 0.711. The first-order chi connectivity index (χ1) is 6.65. The summed E-state index contributed by atoms with van der Waals surface area (Å²) in [6.45, 7) is 6.40. The summed E-state index contributed by atoms with van der Waals surface area (Å²) in [6, 6.07) is 0. The molecule has 0 bridgehead atoms. The van der Waals surface area contributed by atoms with Gasteiger partial charge in [0.25, 0.3) is 0 Å². The molecule has 2 atom stereocenters. The fourth-order valence-electron chi connectivity index (χ4n) is 1.80. The van der Waals surface area contributed by atoms with E-state index in [9.17, 15) is 4.79 Å². The lowest BCUT2D eigenvalue weighted by Gasteiger charge is -2.25. The number of Topliss-reactive ketones (excluding diaryl/α,β-unsaturated/α-hetero) is 1. The predicted molar refractivity (Wildman–Crippen MR) is 63.7 cm³/mol. The first-order valence-electron chi connectivity index (χ1n) is 5.42. The minimum atomic E-state index is 0.356. The normalized spacial score (nSPS) is 24.6. The van der Waals surface area contributed by atoms with Crippen molar-refractivity contribution in [1.29, 1.82) is 0 Å². The van der Waals surface area contributed by atoms with Gasteiger partial charge in [0.1, 0.15) is 0 Å². The Morgan fingerprint density at radius 3 is 2.93 bits per heavy atom. The molecule has 0 aromatic rings. The van der Waals surface area contributed by atoms with Crippen molar-refractivity contribution in [3.05, 3.63) is 11.6 Å². The topological polar surface area (TPSA) is 17.1 Å². The highest BCUT2D eigenvalue weighted by Gasteiger charge is 2.23. The highest BCUT2D eigenvalue weighted by atomic mass is 32.2. The summed E-state index contributed by atoms with van der Waals surface area (Å²) in [4.78, 5) is 11.5. The summed E-state index contributed by atoms with van der Waals surface area (Å²) in [5.41, 5.74) is 0.969. The van der Waals surface area contributed by atoms with E-state index in [1.165, 1.54) is 11.5 Å². The summed E-state index contributed by atoms with van der Waals surface area (Å²) in [7, 11) is 0. The molecule has 0 amide bonds. The van der Waals surface area contributed by atoms with Gasteiger partial charge in [-0.3, -0.25) is 4.79 Å². The van der Waals surface area contributed by atoms with Crippen molar-refractivity contribution in [2.24, 2.45) is 11.8 Å². The highest BCUT2D eigenvalue weighted by molar-refractivity contribution is 7.99. The molecule has 80 valence electrons. The lowest BCUT2D eigenvalue weighted by Crippen LogP contribution is -2.21. The van der Waals surface area contributed by atoms with E-state index < -0.39 is 0 Å². The third-order valence-electron chi connectivity index (χ3n) is 3.00. The van der Waals surface area contributed by atoms with Crippen LogP contribution in [0.5, 0.6) is 0 Å². The van der Waals surface area contributed by atoms with Gasteiger partial charge in [-0.25, -0.2) is 0 Å². The van der Waals surface area contributed by atoms with Gasteiger partial charge in [-0.05, 0) is 42.3 Å². The number of hydrogen-bond donors (Lipinski definition) is 0. The van der Waals surface area contributed by atoms with Crippen LogP contribution in [0.1, 0.15) is 33.6 Å². The molecule has 1 nitrogen and oxygen atoms in total. The molecule has 14 heavy (non-hydrogen) atoms. The molecular weight excluding hydrogens is 192 g/mol. The molecule has 0 radical (unpaired) electrons. The van der Waals surface area contributed by atoms with Crippen LogP contribution in [-0.2, 0) is 4.79 Å². The van der Waals surface area contributed by atoms with Crippen molar-refractivity contribution in [1.82, 2.24) is 0 Å². The minimum absolute atomic E-state index is 0.356. The van der Waals surface area contributed by atoms with E-state index in [2.05, 4.69) is 19.9 Å². The van der Waals surface area contributed by atoms with Crippen molar-refractivity contribution >= 4 is 17.5 Å². The van der Waals surface area contributed by atoms with E-state index in [1.54, 1.807) is 0 Å². The Morgan fingerprint density at radius 1 is 1.64 bits per heavy atom. The maximum atomic E-state index is 11.5. The Hall–Kier alpha value is -0.240. The standard InChI is InChI=1S/C12H20OS/c1-4-14-8-10(3)11-6-5-9(2)12(13)7-11/h5,10-11H,4,6-8H2,1-3H3. The van der Waals surface area contributed by atoms with Crippen LogP contribution >= 0.6 is 11.8 Å². The molecular formula is C12H20OS. The van der Waals surface area contributed by atoms with Gasteiger partial charge < -0.3 is 0 Å². The van der Waals surface area contributed by atoms with E-state index in [-0.39, 0.29) is 0 Å². The monoisotopic (exact) mass is 212 g/mol. The first-order valence-corrected chi connectivity index (χ1v) is 6.58. The third-order valence-corrected chi connectivity index (χ3v) is 4.17. The second-order valence-corrected chi connectivity index (χ2v) is 5.47. The van der Waals surface area contributed by atoms with Gasteiger partial charge in [0.05, 0.1) is 0 Å². The number of hydrogen-bond acceptors (Lipinski definition) is 2. The van der Waals surface area contributed by atoms with Crippen LogP contribution in [0.4, 0.5) is 0 Å². The van der Waals surface area contributed by atoms with Crippen LogP contribution in [0.15, 0.2) is 11.6 Å². The van der Waals surface area contributed by atoms with E-state index in [0.717, 1.165) is 18.4 Å². The lowest BCUT2D eigenvalue weighted by molar-refractivity contribution is -0.117. The smallest absolute Gasteiger partial charge is 0.158 e. The van der Waals surface area contributed by atoms with E-state index >= 15 is 0 Å². The molecule has 0 aromatic carbocycles. The molecule has 0 fully saturated rings. The van der Waals surface area contributed by atoms with Crippen LogP contribution < -0.4 is 0 Å². The zero-order chi connectivity index (χ0) is 10.6. The number of rotatable bonds is 4. The highest BCUT2D eigenvalue weighted by Crippen LogP contribution is 2.29. The van der Waals surface area contributed by atoms with Gasteiger partial charge in [0, 0.05) is 6.42 Å². The maximum absolute atomic E-state index is 11.5. The van der Waals surface area contributed by atoms with Crippen molar-refractivity contribution in [3.63, 3.8) is 0 Å². The molecule has 0 N–H and O–H groups in total. The van der Waals surface area contributed by atoms with Crippen molar-refractivity contribution < 1.29 is 4.79 Å². The maximum Gasteiger partial charge on any atom is 0.158 e. The summed E-state index contributed by atoms with van der Waals surface area (Å²) in [6.07, 6.45) is 3.99. The number of allylic oxidation sites excluding steroid dienone is 2. The number of thioether (sulfide) groups is 1. The fraction of sp³-hybridized carbons (Fsp3) is 0.750. The molecule has 1 rings (SSSR count). The summed E-state index contributed by atoms with van der Waals surface area (Å²) in [5, 5.41) is 0. The van der Waals surface area contributed by atoms with Crippen LogP contribution in [0, 0.1) is 11.8 Å². The Kier molecular flexibility index (Phi) is 4.73. The Bertz CT molecular complexity index is 232. The van der Waals surface area contributed by atoms with Crippen molar-refractivity contribution in [3.8, 4) is 0 Å². The lowest BCUT2D eigenvalue weighted by atomic mass is 9.82. The predicted octanol–water partition coefficient (Wildman–Crippen LogP) is 3.30. The molecule has 0 aliphatic heterocycles. The molecule has 0 aromatic heterocycles. The number of carbonyl (C=O) groups is 1. The minimum Gasteiger partial charge on any atom is -0.295 e. The molecule has 2 unspecified atom stereocenters. The SMILES string of the molecule is CCSCC(C)C1CC=C(C)C(=O)C1. The van der Waals surface area contributed by atoms with Crippen LogP contribution in [0.3, 0.4) is 0 Å². The molecule has 0 saturated heterocycles. The van der Waals surface area contributed by atoms with Gasteiger partial charge in [0.15, 0.2) is 5.78 Å². The van der Waals surface area contributed by atoms with E-state index in [1.807, 2.05) is 18.7 Å². The van der Waals surface area contributed by atoms with Crippen LogP contribution in [-0.4, -0.2) is 17.3 Å². The summed E-state index contributed by atoms with van der Waals surface area (Å²) < 4.78 is 0. The number of carbonyl (C=O) groups excluding carboxylic acids is 1. The van der Waals surface area contributed by atoms with Crippen molar-refractivity contribution in [2.75, 3.05) is 11.5 Å². The molecule has 2 heteroatoms. The number of ketones is 1. The Balaban J connectivity index is 2.43. The largest absolute Gasteiger partial charge is 0.295 e. The molecule has 0 saturated carbocycles. The second kappa shape index (κ2) is 5.59. The van der Waals surface area contributed by atoms with Crippen molar-refractivity contribution in [2.45, 2.75) is 33.6 Å². The first kappa shape index (κ1) is 11.8. The Morgan fingerprint density at radius 2 is 2.36 bits per heavy atom. The second-order valence-electron chi connectivity index (χ2n) is 4.15. The third kappa shape index (κ3) is 3.16. The van der Waals surface area contributed by atoms with E-state index in [0.29, 0.717) is 17.6 Å². The molecule has 1 aliphatic rings. The molecule has 0 spiro atoms. The van der Waals surface area contributed by atoms with Crippen LogP contribution in [0.2, 0.25) is 0 Å². The van der Waals surface area contributed by atoms with Crippen LogP contribution in [0.25, 0.3) is 0 Å². The van der Waals surface area contributed by atoms with Gasteiger partial charge >= 0.3 is 0 Å². The molecule has 0 heterocycles. The Labute approximate surface area is 91.3 Å². The summed E-state index contributed by atoms with van der Waals surface area (Å²) >= 11 is 1.98. The molecule has 1 aliphatic carbocycles. The average Bonchev–Trinajstić information content (AvgIpc) is 2.18. The van der Waals surface area contributed by atoms with E-state index in [4.69, 9.17) is 0 Å². The van der Waals surface area contributed by atoms with Gasteiger partial charge in [-0.1, -0.05) is 19.9 Å². The summed E-state index contributed by atoms with van der Waals surface area (Å²) in [5.74, 6) is 3.99. The van der Waals surface area contributed by atoms with Gasteiger partial charge in [0.2, 0.25) is 0 Å². The zero-order valence-electron chi connectivity index (χ0n) is 9.38.